The van der Waals surface area contributed by atoms with Crippen molar-refractivity contribution in [2.75, 3.05) is 6.54 Å². The van der Waals surface area contributed by atoms with Gasteiger partial charge >= 0.3 is 0 Å². The lowest BCUT2D eigenvalue weighted by molar-refractivity contribution is 0.177. The predicted molar refractivity (Wildman–Crippen MR) is 90.5 cm³/mol. The molecule has 1 aliphatic heterocycles. The van der Waals surface area contributed by atoms with E-state index in [1.807, 2.05) is 0 Å². The first-order valence-electron chi connectivity index (χ1n) is 9.35. The highest BCUT2D eigenvalue weighted by atomic mass is 15.5. The summed E-state index contributed by atoms with van der Waals surface area (Å²) in [5.41, 5.74) is 5.45. The smallest absolute Gasteiger partial charge is 0.0885 e. The van der Waals surface area contributed by atoms with Crippen LogP contribution in [-0.4, -0.2) is 36.2 Å². The molecular weight excluding hydrogens is 300 g/mol. The second-order valence-electron chi connectivity index (χ2n) is 8.07. The molecule has 6 heteroatoms. The van der Waals surface area contributed by atoms with Crippen LogP contribution in [-0.2, 0) is 26.6 Å². The lowest BCUT2D eigenvalue weighted by Crippen LogP contribution is -2.34. The molecule has 0 saturated heterocycles. The minimum absolute atomic E-state index is 0.580. The Morgan fingerprint density at radius 3 is 2.83 bits per heavy atom. The van der Waals surface area contributed by atoms with Crippen LogP contribution in [0.2, 0.25) is 0 Å². The quantitative estimate of drug-likeness (QED) is 0.866. The van der Waals surface area contributed by atoms with Crippen molar-refractivity contribution < 1.29 is 0 Å². The number of aromatic nitrogens is 5. The summed E-state index contributed by atoms with van der Waals surface area (Å²) in [6.07, 6.45) is 8.26. The highest BCUT2D eigenvalue weighted by Gasteiger charge is 2.33. The molecule has 128 valence electrons. The number of hydrogen-bond acceptors (Lipinski definition) is 4. The van der Waals surface area contributed by atoms with E-state index in [9.17, 15) is 0 Å². The summed E-state index contributed by atoms with van der Waals surface area (Å²) in [4.78, 5) is 2.55. The van der Waals surface area contributed by atoms with Crippen molar-refractivity contribution in [1.29, 1.82) is 0 Å². The van der Waals surface area contributed by atoms with Gasteiger partial charge in [-0.1, -0.05) is 12.1 Å². The number of rotatable bonds is 4. The first-order valence-corrected chi connectivity index (χ1v) is 9.35. The zero-order valence-electron chi connectivity index (χ0n) is 14.6. The summed E-state index contributed by atoms with van der Waals surface area (Å²) in [7, 11) is 2.09. The Labute approximate surface area is 142 Å². The van der Waals surface area contributed by atoms with Gasteiger partial charge in [0.2, 0.25) is 0 Å². The molecule has 2 aliphatic carbocycles. The van der Waals surface area contributed by atoms with Gasteiger partial charge in [0, 0.05) is 50.3 Å². The normalized spacial score (nSPS) is 27.1. The van der Waals surface area contributed by atoms with Crippen LogP contribution >= 0.6 is 0 Å². The van der Waals surface area contributed by atoms with Gasteiger partial charge in [0.25, 0.3) is 0 Å². The molecule has 0 amide bonds. The van der Waals surface area contributed by atoms with Gasteiger partial charge in [0.1, 0.15) is 0 Å². The van der Waals surface area contributed by atoms with E-state index in [-0.39, 0.29) is 0 Å². The molecular formula is C18H26N6. The third kappa shape index (κ3) is 2.39. The Bertz CT molecular complexity index is 750. The molecule has 5 rings (SSSR count). The van der Waals surface area contributed by atoms with Crippen LogP contribution in [0.25, 0.3) is 0 Å². The molecule has 6 nitrogen and oxygen atoms in total. The van der Waals surface area contributed by atoms with Crippen LogP contribution in [0, 0.1) is 5.92 Å². The van der Waals surface area contributed by atoms with Gasteiger partial charge in [-0.3, -0.25) is 9.58 Å². The van der Waals surface area contributed by atoms with Crippen molar-refractivity contribution >= 4 is 0 Å². The topological polar surface area (TPSA) is 51.8 Å². The molecule has 0 N–H and O–H groups in total. The fourth-order valence-corrected chi connectivity index (χ4v) is 4.49. The second kappa shape index (κ2) is 5.41. The van der Waals surface area contributed by atoms with Gasteiger partial charge < -0.3 is 0 Å². The third-order valence-electron chi connectivity index (χ3n) is 6.03. The van der Waals surface area contributed by atoms with Crippen LogP contribution in [0.1, 0.15) is 67.2 Å². The number of aryl methyl sites for hydroxylation is 1. The van der Waals surface area contributed by atoms with Gasteiger partial charge in [-0.05, 0) is 31.6 Å². The van der Waals surface area contributed by atoms with Crippen molar-refractivity contribution in [2.45, 2.75) is 64.1 Å². The Balaban J connectivity index is 1.34. The molecule has 24 heavy (non-hydrogen) atoms. The van der Waals surface area contributed by atoms with Crippen molar-refractivity contribution in [3.63, 3.8) is 0 Å². The predicted octanol–water partition coefficient (Wildman–Crippen LogP) is 2.42. The maximum atomic E-state index is 4.51. The average Bonchev–Trinajstić information content (AvgIpc) is 3.19. The van der Waals surface area contributed by atoms with Crippen molar-refractivity contribution in [1.82, 2.24) is 29.7 Å². The number of nitrogens with zero attached hydrogens (tertiary/aromatic N) is 6. The van der Waals surface area contributed by atoms with Gasteiger partial charge in [-0.25, -0.2) is 4.68 Å². The minimum atomic E-state index is 0.580. The van der Waals surface area contributed by atoms with Crippen LogP contribution < -0.4 is 0 Å². The van der Waals surface area contributed by atoms with E-state index >= 15 is 0 Å². The van der Waals surface area contributed by atoms with E-state index in [0.29, 0.717) is 6.04 Å². The molecule has 0 radical (unpaired) electrons. The largest absolute Gasteiger partial charge is 0.293 e. The molecule has 0 spiro atoms. The summed E-state index contributed by atoms with van der Waals surface area (Å²) in [6, 6.07) is 0.580. The zero-order chi connectivity index (χ0) is 16.3. The SMILES string of the molecule is CC1CC(n2nnc3c2CN(Cc2cnn(C)c2C2CC2)CC3)C1. The summed E-state index contributed by atoms with van der Waals surface area (Å²) in [5, 5.41) is 13.4. The summed E-state index contributed by atoms with van der Waals surface area (Å²) < 4.78 is 4.32. The molecule has 0 aromatic carbocycles. The molecule has 2 aromatic rings. The highest BCUT2D eigenvalue weighted by Crippen LogP contribution is 2.42. The van der Waals surface area contributed by atoms with E-state index in [1.165, 1.54) is 48.3 Å². The molecule has 2 saturated carbocycles. The first kappa shape index (κ1) is 14.6. The lowest BCUT2D eigenvalue weighted by atomic mass is 9.82. The maximum absolute atomic E-state index is 4.51. The Morgan fingerprint density at radius 1 is 1.25 bits per heavy atom. The van der Waals surface area contributed by atoms with E-state index < -0.39 is 0 Å². The summed E-state index contributed by atoms with van der Waals surface area (Å²) in [5.74, 6) is 1.59. The van der Waals surface area contributed by atoms with Gasteiger partial charge in [-0.15, -0.1) is 5.10 Å². The molecule has 3 heterocycles. The van der Waals surface area contributed by atoms with E-state index in [1.54, 1.807) is 0 Å². The van der Waals surface area contributed by atoms with Crippen LogP contribution in [0.3, 0.4) is 0 Å². The minimum Gasteiger partial charge on any atom is -0.293 e. The molecule has 2 fully saturated rings. The monoisotopic (exact) mass is 326 g/mol. The van der Waals surface area contributed by atoms with E-state index in [0.717, 1.165) is 37.9 Å². The molecule has 2 aromatic heterocycles. The fourth-order valence-electron chi connectivity index (χ4n) is 4.49. The Morgan fingerprint density at radius 2 is 2.08 bits per heavy atom. The Hall–Kier alpha value is -1.69. The van der Waals surface area contributed by atoms with Crippen LogP contribution in [0.5, 0.6) is 0 Å². The highest BCUT2D eigenvalue weighted by molar-refractivity contribution is 5.26. The maximum Gasteiger partial charge on any atom is 0.0885 e. The van der Waals surface area contributed by atoms with Gasteiger partial charge in [0.05, 0.1) is 23.6 Å². The number of hydrogen-bond donors (Lipinski definition) is 0. The number of fused-ring (bicyclic) bond motifs is 1. The third-order valence-corrected chi connectivity index (χ3v) is 6.03. The van der Waals surface area contributed by atoms with E-state index in [4.69, 9.17) is 0 Å². The van der Waals surface area contributed by atoms with Crippen molar-refractivity contribution in [3.05, 3.63) is 28.8 Å². The molecule has 3 aliphatic rings. The van der Waals surface area contributed by atoms with Gasteiger partial charge in [0.15, 0.2) is 0 Å². The average molecular weight is 326 g/mol. The summed E-state index contributed by atoms with van der Waals surface area (Å²) >= 11 is 0. The molecule has 0 bridgehead atoms. The summed E-state index contributed by atoms with van der Waals surface area (Å²) in [6.45, 7) is 5.39. The second-order valence-corrected chi connectivity index (χ2v) is 8.07. The zero-order valence-corrected chi connectivity index (χ0v) is 14.6. The van der Waals surface area contributed by atoms with Crippen molar-refractivity contribution in [2.24, 2.45) is 13.0 Å². The van der Waals surface area contributed by atoms with Gasteiger partial charge in [-0.2, -0.15) is 5.10 Å². The molecule has 0 unspecified atom stereocenters. The van der Waals surface area contributed by atoms with Crippen LogP contribution in [0.15, 0.2) is 6.20 Å². The molecule has 0 atom stereocenters. The standard InChI is InChI=1S/C18H26N6/c1-12-7-15(8-12)24-17-11-23(6-5-16(17)20-21-24)10-14-9-19-22(2)18(14)13-3-4-13/h9,12-13,15H,3-8,10-11H2,1-2H3. The Kier molecular flexibility index (Phi) is 3.30. The van der Waals surface area contributed by atoms with Crippen molar-refractivity contribution in [3.8, 4) is 0 Å². The van der Waals surface area contributed by atoms with E-state index in [2.05, 4.69) is 49.8 Å². The lowest BCUT2D eigenvalue weighted by Gasteiger charge is -2.35. The first-order chi connectivity index (χ1) is 11.7. The van der Waals surface area contributed by atoms with Crippen LogP contribution in [0.4, 0.5) is 0 Å². The fraction of sp³-hybridized carbons (Fsp3) is 0.722.